The first-order valence-corrected chi connectivity index (χ1v) is 6.06. The molecule has 3 aromatic rings. The number of aromatic nitrogens is 3. The topological polar surface area (TPSA) is 30.2 Å². The van der Waals surface area contributed by atoms with Gasteiger partial charge in [0.2, 0.25) is 0 Å². The van der Waals surface area contributed by atoms with Crippen molar-refractivity contribution in [1.29, 1.82) is 0 Å². The highest BCUT2D eigenvalue weighted by molar-refractivity contribution is 9.10. The minimum absolute atomic E-state index is 0.804. The second-order valence-electron chi connectivity index (χ2n) is 3.06. The highest BCUT2D eigenvalue weighted by Gasteiger charge is 2.03. The molecular weight excluding hydrogens is 274 g/mol. The molecule has 0 spiro atoms. The van der Waals surface area contributed by atoms with E-state index in [0.717, 1.165) is 15.9 Å². The van der Waals surface area contributed by atoms with Crippen molar-refractivity contribution in [3.63, 3.8) is 0 Å². The molecule has 0 aliphatic heterocycles. The van der Waals surface area contributed by atoms with Crippen LogP contribution in [0.3, 0.4) is 0 Å². The molecule has 0 unspecified atom stereocenters. The van der Waals surface area contributed by atoms with Gasteiger partial charge in [-0.25, -0.2) is 9.50 Å². The Morgan fingerprint density at radius 3 is 3.00 bits per heavy atom. The smallest absolute Gasteiger partial charge is 0.154 e. The zero-order chi connectivity index (χ0) is 10.3. The van der Waals surface area contributed by atoms with Crippen LogP contribution in [-0.4, -0.2) is 14.6 Å². The molecule has 3 heterocycles. The Kier molecular flexibility index (Phi) is 2.07. The van der Waals surface area contributed by atoms with Gasteiger partial charge in [-0.1, -0.05) is 6.07 Å². The van der Waals surface area contributed by atoms with Crippen molar-refractivity contribution in [3.8, 4) is 10.6 Å². The van der Waals surface area contributed by atoms with Crippen LogP contribution in [-0.2, 0) is 0 Å². The Morgan fingerprint density at radius 2 is 2.20 bits per heavy atom. The van der Waals surface area contributed by atoms with Gasteiger partial charge in [-0.15, -0.1) is 11.3 Å². The van der Waals surface area contributed by atoms with Gasteiger partial charge in [0.05, 0.1) is 11.1 Å². The summed E-state index contributed by atoms with van der Waals surface area (Å²) in [4.78, 5) is 5.42. The van der Waals surface area contributed by atoms with Crippen molar-refractivity contribution in [2.45, 2.75) is 0 Å². The van der Waals surface area contributed by atoms with Crippen LogP contribution in [0.25, 0.3) is 16.2 Å². The van der Waals surface area contributed by atoms with Gasteiger partial charge in [-0.2, -0.15) is 5.10 Å². The van der Waals surface area contributed by atoms with Gasteiger partial charge in [-0.05, 0) is 39.5 Å². The predicted octanol–water partition coefficient (Wildman–Crippen LogP) is 3.22. The maximum absolute atomic E-state index is 4.47. The third kappa shape index (κ3) is 1.57. The van der Waals surface area contributed by atoms with E-state index in [1.54, 1.807) is 15.9 Å². The fourth-order valence-electron chi connectivity index (χ4n) is 1.41. The third-order valence-electron chi connectivity index (χ3n) is 2.06. The largest absolute Gasteiger partial charge is 0.220 e. The van der Waals surface area contributed by atoms with Gasteiger partial charge in [0.15, 0.2) is 5.65 Å². The molecule has 15 heavy (non-hydrogen) atoms. The first-order chi connectivity index (χ1) is 7.33. The average molecular weight is 280 g/mol. The van der Waals surface area contributed by atoms with E-state index in [4.69, 9.17) is 0 Å². The van der Waals surface area contributed by atoms with Gasteiger partial charge < -0.3 is 0 Å². The zero-order valence-corrected chi connectivity index (χ0v) is 9.99. The Bertz CT molecular complexity index is 600. The fraction of sp³-hybridized carbons (Fsp3) is 0. The van der Waals surface area contributed by atoms with E-state index in [1.165, 1.54) is 4.88 Å². The molecular formula is C10H6BrN3S. The third-order valence-corrected chi connectivity index (χ3v) is 3.34. The van der Waals surface area contributed by atoms with Crippen LogP contribution >= 0.6 is 27.3 Å². The maximum Gasteiger partial charge on any atom is 0.154 e. The summed E-state index contributed by atoms with van der Waals surface area (Å²) in [6.07, 6.45) is 1.85. The summed E-state index contributed by atoms with van der Waals surface area (Å²) in [6, 6.07) is 8.04. The molecule has 0 saturated carbocycles. The van der Waals surface area contributed by atoms with E-state index in [1.807, 2.05) is 29.8 Å². The standard InChI is InChI=1S/C10H6BrN3S/c11-9-6-14-10(12-9)4-3-7(13-14)8-2-1-5-15-8/h1-6H. The molecule has 0 amide bonds. The highest BCUT2D eigenvalue weighted by Crippen LogP contribution is 2.22. The Balaban J connectivity index is 2.21. The molecule has 0 fully saturated rings. The molecule has 74 valence electrons. The normalized spacial score (nSPS) is 11.0. The van der Waals surface area contributed by atoms with E-state index in [-0.39, 0.29) is 0 Å². The second-order valence-corrected chi connectivity index (χ2v) is 4.82. The van der Waals surface area contributed by atoms with Crippen LogP contribution in [0.15, 0.2) is 40.4 Å². The summed E-state index contributed by atoms with van der Waals surface area (Å²) in [6.45, 7) is 0. The fourth-order valence-corrected chi connectivity index (χ4v) is 2.47. The van der Waals surface area contributed by atoms with Gasteiger partial charge in [-0.3, -0.25) is 0 Å². The van der Waals surface area contributed by atoms with Crippen LogP contribution in [0.5, 0.6) is 0 Å². The SMILES string of the molecule is Brc1cn2nc(-c3cccs3)ccc2n1. The Hall–Kier alpha value is -1.20. The monoisotopic (exact) mass is 279 g/mol. The lowest BCUT2D eigenvalue weighted by molar-refractivity contribution is 0.943. The predicted molar refractivity (Wildman–Crippen MR) is 64.0 cm³/mol. The molecule has 0 radical (unpaired) electrons. The molecule has 0 atom stereocenters. The summed E-state index contributed by atoms with van der Waals surface area (Å²) in [5, 5.41) is 6.52. The summed E-state index contributed by atoms with van der Waals surface area (Å²) in [5.41, 5.74) is 1.82. The second kappa shape index (κ2) is 3.43. The first kappa shape index (κ1) is 9.06. The maximum atomic E-state index is 4.47. The molecule has 3 aromatic heterocycles. The van der Waals surface area contributed by atoms with Crippen LogP contribution in [0.4, 0.5) is 0 Å². The van der Waals surface area contributed by atoms with E-state index in [0.29, 0.717) is 0 Å². The number of halogens is 1. The lowest BCUT2D eigenvalue weighted by Gasteiger charge is -1.96. The number of imidazole rings is 1. The van der Waals surface area contributed by atoms with Crippen molar-refractivity contribution < 1.29 is 0 Å². The lowest BCUT2D eigenvalue weighted by atomic mass is 10.3. The molecule has 3 nitrogen and oxygen atoms in total. The number of rotatable bonds is 1. The average Bonchev–Trinajstić information content (AvgIpc) is 2.82. The zero-order valence-electron chi connectivity index (χ0n) is 7.59. The van der Waals surface area contributed by atoms with E-state index >= 15 is 0 Å². The van der Waals surface area contributed by atoms with Gasteiger partial charge >= 0.3 is 0 Å². The van der Waals surface area contributed by atoms with Crippen LogP contribution in [0.2, 0.25) is 0 Å². The molecule has 0 bridgehead atoms. The highest BCUT2D eigenvalue weighted by atomic mass is 79.9. The van der Waals surface area contributed by atoms with Crippen molar-refractivity contribution in [2.75, 3.05) is 0 Å². The Labute approximate surface area is 98.5 Å². The first-order valence-electron chi connectivity index (χ1n) is 4.39. The van der Waals surface area contributed by atoms with Gasteiger partial charge in [0.1, 0.15) is 10.3 Å². The molecule has 0 aliphatic rings. The minimum Gasteiger partial charge on any atom is -0.220 e. The molecule has 0 saturated heterocycles. The molecule has 0 aromatic carbocycles. The van der Waals surface area contributed by atoms with Gasteiger partial charge in [0, 0.05) is 0 Å². The Morgan fingerprint density at radius 1 is 1.27 bits per heavy atom. The van der Waals surface area contributed by atoms with Gasteiger partial charge in [0.25, 0.3) is 0 Å². The van der Waals surface area contributed by atoms with Crippen molar-refractivity contribution in [1.82, 2.24) is 14.6 Å². The summed E-state index contributed by atoms with van der Waals surface area (Å²) in [5.74, 6) is 0. The van der Waals surface area contributed by atoms with Crippen molar-refractivity contribution in [2.24, 2.45) is 0 Å². The van der Waals surface area contributed by atoms with E-state index in [2.05, 4.69) is 32.1 Å². The van der Waals surface area contributed by atoms with Crippen LogP contribution < -0.4 is 0 Å². The lowest BCUT2D eigenvalue weighted by Crippen LogP contribution is -1.91. The molecule has 5 heteroatoms. The molecule has 0 aliphatic carbocycles. The number of nitrogens with zero attached hydrogens (tertiary/aromatic N) is 3. The van der Waals surface area contributed by atoms with Crippen LogP contribution in [0.1, 0.15) is 0 Å². The molecule has 3 rings (SSSR count). The number of thiophene rings is 1. The number of hydrogen-bond donors (Lipinski definition) is 0. The molecule has 0 N–H and O–H groups in total. The number of hydrogen-bond acceptors (Lipinski definition) is 3. The number of fused-ring (bicyclic) bond motifs is 1. The van der Waals surface area contributed by atoms with Crippen molar-refractivity contribution >= 4 is 32.9 Å². The van der Waals surface area contributed by atoms with E-state index in [9.17, 15) is 0 Å². The minimum atomic E-state index is 0.804. The quantitative estimate of drug-likeness (QED) is 0.685. The summed E-state index contributed by atoms with van der Waals surface area (Å²) >= 11 is 5.01. The summed E-state index contributed by atoms with van der Waals surface area (Å²) < 4.78 is 2.58. The van der Waals surface area contributed by atoms with Crippen LogP contribution in [0, 0.1) is 0 Å². The van der Waals surface area contributed by atoms with Crippen molar-refractivity contribution in [3.05, 3.63) is 40.4 Å². The van der Waals surface area contributed by atoms with E-state index < -0.39 is 0 Å². The summed E-state index contributed by atoms with van der Waals surface area (Å²) in [7, 11) is 0.